The van der Waals surface area contributed by atoms with Gasteiger partial charge in [0.25, 0.3) is 0 Å². The average molecular weight is 298 g/mol. The van der Waals surface area contributed by atoms with Crippen molar-refractivity contribution in [3.05, 3.63) is 51.7 Å². The summed E-state index contributed by atoms with van der Waals surface area (Å²) in [5.74, 6) is 0.607. The maximum absolute atomic E-state index is 5.83. The molecule has 2 N–H and O–H groups in total. The van der Waals surface area contributed by atoms with Crippen LogP contribution < -0.4 is 10.6 Å². The Morgan fingerprint density at radius 1 is 1.19 bits per heavy atom. The molecule has 0 radical (unpaired) electrons. The number of hydrogen-bond acceptors (Lipinski definition) is 3. The summed E-state index contributed by atoms with van der Waals surface area (Å²) >= 11 is 1.93. The average Bonchev–Trinajstić information content (AvgIpc) is 3.12. The molecule has 2 aromatic rings. The second-order valence-electron chi connectivity index (χ2n) is 6.19. The van der Waals surface area contributed by atoms with Gasteiger partial charge in [0.1, 0.15) is 0 Å². The Bertz CT molecular complexity index is 634. The summed E-state index contributed by atoms with van der Waals surface area (Å²) in [6.07, 6.45) is 4.97. The third-order valence-corrected chi connectivity index (χ3v) is 6.01. The van der Waals surface area contributed by atoms with Crippen molar-refractivity contribution in [1.82, 2.24) is 0 Å². The molecule has 0 fully saturated rings. The fourth-order valence-electron chi connectivity index (χ4n) is 4.06. The van der Waals surface area contributed by atoms with Crippen LogP contribution in [-0.4, -0.2) is 13.1 Å². The van der Waals surface area contributed by atoms with Gasteiger partial charge in [-0.3, -0.25) is 0 Å². The molecule has 2 atom stereocenters. The number of thiophene rings is 1. The summed E-state index contributed by atoms with van der Waals surface area (Å²) in [7, 11) is 0. The first-order chi connectivity index (χ1) is 10.4. The molecule has 1 aliphatic heterocycles. The molecular weight excluding hydrogens is 276 g/mol. The fraction of sp³-hybridized carbons (Fsp3) is 0.444. The summed E-state index contributed by atoms with van der Waals surface area (Å²) in [4.78, 5) is 4.26. The van der Waals surface area contributed by atoms with E-state index in [1.54, 1.807) is 10.4 Å². The molecule has 3 heteroatoms. The number of fused-ring (bicyclic) bond motifs is 2. The molecule has 1 aliphatic carbocycles. The number of aryl methyl sites for hydroxylation is 1. The number of anilines is 1. The van der Waals surface area contributed by atoms with Crippen molar-refractivity contribution in [1.29, 1.82) is 0 Å². The largest absolute Gasteiger partial charge is 0.364 e. The van der Waals surface area contributed by atoms with Gasteiger partial charge in [-0.15, -0.1) is 11.3 Å². The first-order valence-corrected chi connectivity index (χ1v) is 8.88. The molecule has 2 aliphatic rings. The first kappa shape index (κ1) is 13.4. The van der Waals surface area contributed by atoms with Gasteiger partial charge in [0, 0.05) is 23.0 Å². The quantitative estimate of drug-likeness (QED) is 0.925. The maximum Gasteiger partial charge on any atom is 0.0553 e. The van der Waals surface area contributed by atoms with Crippen molar-refractivity contribution < 1.29 is 0 Å². The number of hydrogen-bond donors (Lipinski definition) is 1. The highest BCUT2D eigenvalue weighted by molar-refractivity contribution is 7.10. The topological polar surface area (TPSA) is 29.3 Å². The molecule has 0 spiro atoms. The van der Waals surface area contributed by atoms with Crippen molar-refractivity contribution in [2.45, 2.75) is 37.6 Å². The third kappa shape index (κ3) is 2.19. The predicted molar refractivity (Wildman–Crippen MR) is 90.2 cm³/mol. The summed E-state index contributed by atoms with van der Waals surface area (Å²) < 4.78 is 0. The summed E-state index contributed by atoms with van der Waals surface area (Å²) in [6.45, 7) is 1.91. The number of rotatable bonds is 3. The Kier molecular flexibility index (Phi) is 3.48. The highest BCUT2D eigenvalue weighted by atomic mass is 32.1. The molecule has 21 heavy (non-hydrogen) atoms. The normalized spacial score (nSPS) is 24.0. The number of benzene rings is 1. The van der Waals surface area contributed by atoms with Crippen molar-refractivity contribution in [2.75, 3.05) is 18.0 Å². The minimum atomic E-state index is 0.573. The van der Waals surface area contributed by atoms with Crippen LogP contribution in [-0.2, 0) is 6.42 Å². The molecule has 2 nitrogen and oxygen atoms in total. The van der Waals surface area contributed by atoms with E-state index in [9.17, 15) is 0 Å². The maximum atomic E-state index is 5.83. The van der Waals surface area contributed by atoms with Gasteiger partial charge in [-0.05, 0) is 60.9 Å². The molecule has 4 rings (SSSR count). The lowest BCUT2D eigenvalue weighted by molar-refractivity contribution is 0.516. The van der Waals surface area contributed by atoms with E-state index in [-0.39, 0.29) is 0 Å². The molecule has 2 heterocycles. The number of nitrogens with zero attached hydrogens (tertiary/aromatic N) is 1. The molecule has 1 aromatic heterocycles. The standard InChI is InChI=1S/C18H22N2S/c19-10-8-13-12-20(16-5-2-1-4-14(13)16)17-6-3-7-18-15(17)9-11-21-18/h1-2,4-5,9,11,13,17H,3,6-8,10,12,19H2. The Morgan fingerprint density at radius 3 is 3.00 bits per heavy atom. The fourth-order valence-corrected chi connectivity index (χ4v) is 5.04. The van der Waals surface area contributed by atoms with Crippen molar-refractivity contribution >= 4 is 17.0 Å². The second-order valence-corrected chi connectivity index (χ2v) is 7.19. The first-order valence-electron chi connectivity index (χ1n) is 8.00. The van der Waals surface area contributed by atoms with Crippen molar-refractivity contribution in [2.24, 2.45) is 5.73 Å². The van der Waals surface area contributed by atoms with Crippen LogP contribution in [0.15, 0.2) is 35.7 Å². The molecule has 0 bridgehead atoms. The Labute approximate surface area is 130 Å². The molecule has 1 aromatic carbocycles. The van der Waals surface area contributed by atoms with E-state index < -0.39 is 0 Å². The van der Waals surface area contributed by atoms with Crippen molar-refractivity contribution in [3.63, 3.8) is 0 Å². The van der Waals surface area contributed by atoms with Crippen LogP contribution in [0.5, 0.6) is 0 Å². The van der Waals surface area contributed by atoms with Crippen LogP contribution in [0.1, 0.15) is 47.2 Å². The second kappa shape index (κ2) is 5.47. The predicted octanol–water partition coefficient (Wildman–Crippen LogP) is 4.08. The third-order valence-electron chi connectivity index (χ3n) is 5.01. The Morgan fingerprint density at radius 2 is 2.10 bits per heavy atom. The molecule has 0 amide bonds. The zero-order valence-corrected chi connectivity index (χ0v) is 13.1. The van der Waals surface area contributed by atoms with Gasteiger partial charge in [-0.25, -0.2) is 0 Å². The van der Waals surface area contributed by atoms with E-state index in [0.717, 1.165) is 19.5 Å². The molecule has 0 saturated heterocycles. The van der Waals surface area contributed by atoms with Gasteiger partial charge in [-0.2, -0.15) is 0 Å². The lowest BCUT2D eigenvalue weighted by atomic mass is 9.92. The van der Waals surface area contributed by atoms with Crippen LogP contribution in [0, 0.1) is 0 Å². The minimum absolute atomic E-state index is 0.573. The smallest absolute Gasteiger partial charge is 0.0553 e. The Hall–Kier alpha value is -1.32. The molecule has 110 valence electrons. The van der Waals surface area contributed by atoms with Gasteiger partial charge < -0.3 is 10.6 Å². The van der Waals surface area contributed by atoms with Crippen LogP contribution >= 0.6 is 11.3 Å². The van der Waals surface area contributed by atoms with Crippen LogP contribution in [0.2, 0.25) is 0 Å². The molecule has 0 saturated carbocycles. The van der Waals surface area contributed by atoms with Gasteiger partial charge in [0.15, 0.2) is 0 Å². The van der Waals surface area contributed by atoms with Crippen LogP contribution in [0.4, 0.5) is 5.69 Å². The lowest BCUT2D eigenvalue weighted by Gasteiger charge is -2.34. The van der Waals surface area contributed by atoms with E-state index in [4.69, 9.17) is 5.73 Å². The van der Waals surface area contributed by atoms with E-state index in [0.29, 0.717) is 12.0 Å². The van der Waals surface area contributed by atoms with E-state index in [2.05, 4.69) is 40.6 Å². The van der Waals surface area contributed by atoms with Gasteiger partial charge in [-0.1, -0.05) is 18.2 Å². The highest BCUT2D eigenvalue weighted by Crippen LogP contribution is 2.46. The van der Waals surface area contributed by atoms with Gasteiger partial charge >= 0.3 is 0 Å². The van der Waals surface area contributed by atoms with Gasteiger partial charge in [0.05, 0.1) is 6.04 Å². The highest BCUT2D eigenvalue weighted by Gasteiger charge is 2.34. The van der Waals surface area contributed by atoms with Gasteiger partial charge in [0.2, 0.25) is 0 Å². The zero-order chi connectivity index (χ0) is 14.2. The lowest BCUT2D eigenvalue weighted by Crippen LogP contribution is -2.30. The minimum Gasteiger partial charge on any atom is -0.364 e. The van der Waals surface area contributed by atoms with E-state index >= 15 is 0 Å². The summed E-state index contributed by atoms with van der Waals surface area (Å²) in [5, 5.41) is 2.27. The SMILES string of the molecule is NCCC1CN(C2CCCc3sccc32)c2ccccc21. The monoisotopic (exact) mass is 298 g/mol. The van der Waals surface area contributed by atoms with Crippen molar-refractivity contribution in [3.8, 4) is 0 Å². The van der Waals surface area contributed by atoms with Crippen LogP contribution in [0.25, 0.3) is 0 Å². The number of para-hydroxylation sites is 1. The van der Waals surface area contributed by atoms with Crippen LogP contribution in [0.3, 0.4) is 0 Å². The zero-order valence-electron chi connectivity index (χ0n) is 12.3. The van der Waals surface area contributed by atoms with E-state index in [1.165, 1.54) is 30.5 Å². The molecule has 2 unspecified atom stereocenters. The molecular formula is C18H22N2S. The summed E-state index contributed by atoms with van der Waals surface area (Å²) in [5.41, 5.74) is 10.4. The summed E-state index contributed by atoms with van der Waals surface area (Å²) in [6, 6.07) is 11.9. The number of nitrogens with two attached hydrogens (primary N) is 1. The van der Waals surface area contributed by atoms with E-state index in [1.807, 2.05) is 11.3 Å². The Balaban J connectivity index is 1.71.